The fourth-order valence-corrected chi connectivity index (χ4v) is 2.34. The van der Waals surface area contributed by atoms with Crippen molar-refractivity contribution in [1.29, 1.82) is 0 Å². The van der Waals surface area contributed by atoms with Gasteiger partial charge in [-0.1, -0.05) is 39.8 Å². The zero-order valence-electron chi connectivity index (χ0n) is 11.9. The molecule has 0 unspecified atom stereocenters. The number of aromatic amines is 1. The zero-order valence-corrected chi connectivity index (χ0v) is 11.9. The van der Waals surface area contributed by atoms with Crippen LogP contribution in [0.4, 0.5) is 0 Å². The first-order chi connectivity index (χ1) is 9.06. The highest BCUT2D eigenvalue weighted by Gasteiger charge is 2.11. The highest BCUT2D eigenvalue weighted by Crippen LogP contribution is 2.26. The normalized spacial score (nSPS) is 12.1. The van der Waals surface area contributed by atoms with Crippen LogP contribution in [-0.4, -0.2) is 15.0 Å². The van der Waals surface area contributed by atoms with E-state index in [4.69, 9.17) is 0 Å². The van der Waals surface area contributed by atoms with Gasteiger partial charge in [-0.25, -0.2) is 9.97 Å². The van der Waals surface area contributed by atoms with Gasteiger partial charge in [0.05, 0.1) is 5.52 Å². The molecule has 3 rings (SSSR count). The quantitative estimate of drug-likeness (QED) is 0.737. The van der Waals surface area contributed by atoms with E-state index < -0.39 is 0 Å². The molecule has 0 aliphatic heterocycles. The lowest BCUT2D eigenvalue weighted by Gasteiger charge is -2.06. The van der Waals surface area contributed by atoms with Gasteiger partial charge in [-0.05, 0) is 17.5 Å². The third-order valence-corrected chi connectivity index (χ3v) is 3.59. The Morgan fingerprint density at radius 1 is 1.05 bits per heavy atom. The minimum atomic E-state index is 0.388. The second-order valence-corrected chi connectivity index (χ2v) is 5.73. The summed E-state index contributed by atoms with van der Waals surface area (Å²) < 4.78 is 0. The number of hydrogen-bond acceptors (Lipinski definition) is 2. The Labute approximate surface area is 113 Å². The lowest BCUT2D eigenvalue weighted by molar-refractivity contribution is 0.798. The monoisotopic (exact) mass is 253 g/mol. The van der Waals surface area contributed by atoms with Gasteiger partial charge in [0.15, 0.2) is 5.65 Å². The second kappa shape index (κ2) is 4.34. The van der Waals surface area contributed by atoms with Crippen molar-refractivity contribution in [1.82, 2.24) is 15.0 Å². The summed E-state index contributed by atoms with van der Waals surface area (Å²) in [6, 6.07) is 6.60. The Morgan fingerprint density at radius 2 is 1.84 bits per heavy atom. The first-order valence-corrected chi connectivity index (χ1v) is 6.84. The summed E-state index contributed by atoms with van der Waals surface area (Å²) in [5, 5.41) is 2.38. The summed E-state index contributed by atoms with van der Waals surface area (Å²) in [4.78, 5) is 12.4. The molecule has 0 aliphatic rings. The number of fused-ring (bicyclic) bond motifs is 3. The molecule has 0 amide bonds. The van der Waals surface area contributed by atoms with Crippen molar-refractivity contribution in [3.63, 3.8) is 0 Å². The van der Waals surface area contributed by atoms with E-state index in [1.807, 2.05) is 6.20 Å². The molecule has 0 atom stereocenters. The van der Waals surface area contributed by atoms with E-state index in [9.17, 15) is 0 Å². The molecule has 0 fully saturated rings. The fraction of sp³-hybridized carbons (Fsp3) is 0.375. The lowest BCUT2D eigenvalue weighted by Crippen LogP contribution is -1.88. The molecule has 0 saturated carbocycles. The number of imidazole rings is 1. The molecule has 0 saturated heterocycles. The molecular weight excluding hydrogens is 234 g/mol. The molecule has 1 N–H and O–H groups in total. The van der Waals surface area contributed by atoms with E-state index in [0.29, 0.717) is 11.8 Å². The third kappa shape index (κ3) is 1.99. The van der Waals surface area contributed by atoms with Gasteiger partial charge in [0.2, 0.25) is 0 Å². The predicted octanol–water partition coefficient (Wildman–Crippen LogP) is 4.36. The highest BCUT2D eigenvalue weighted by molar-refractivity contribution is 6.02. The van der Waals surface area contributed by atoms with Crippen molar-refractivity contribution in [2.24, 2.45) is 0 Å². The molecule has 0 spiro atoms. The first-order valence-electron chi connectivity index (χ1n) is 6.84. The van der Waals surface area contributed by atoms with Crippen LogP contribution in [-0.2, 0) is 0 Å². The fourth-order valence-electron chi connectivity index (χ4n) is 2.34. The number of benzene rings is 1. The standard InChI is InChI=1S/C16H19N3/c1-9(2)11-5-6-13-12(7-11)8-17-16-14(13)18-15(19-16)10(3)4/h5-10H,1-4H3,(H,17,18,19). The Hall–Kier alpha value is -1.90. The van der Waals surface area contributed by atoms with Gasteiger partial charge in [-0.3, -0.25) is 0 Å². The third-order valence-electron chi connectivity index (χ3n) is 3.59. The van der Waals surface area contributed by atoms with E-state index in [1.165, 1.54) is 16.3 Å². The summed E-state index contributed by atoms with van der Waals surface area (Å²) in [5.41, 5.74) is 3.21. The number of nitrogens with zero attached hydrogens (tertiary/aromatic N) is 2. The number of nitrogens with one attached hydrogen (secondary N) is 1. The van der Waals surface area contributed by atoms with Gasteiger partial charge in [-0.15, -0.1) is 0 Å². The zero-order chi connectivity index (χ0) is 13.6. The summed E-state index contributed by atoms with van der Waals surface area (Å²) >= 11 is 0. The van der Waals surface area contributed by atoms with Crippen LogP contribution < -0.4 is 0 Å². The number of rotatable bonds is 2. The molecule has 3 heteroatoms. The molecule has 0 bridgehead atoms. The van der Waals surface area contributed by atoms with E-state index in [-0.39, 0.29) is 0 Å². The second-order valence-electron chi connectivity index (χ2n) is 5.73. The molecule has 19 heavy (non-hydrogen) atoms. The van der Waals surface area contributed by atoms with Crippen molar-refractivity contribution in [3.05, 3.63) is 35.8 Å². The summed E-state index contributed by atoms with van der Waals surface area (Å²) in [6.07, 6.45) is 1.93. The number of H-pyrrole nitrogens is 1. The predicted molar refractivity (Wildman–Crippen MR) is 79.6 cm³/mol. The summed E-state index contributed by atoms with van der Waals surface area (Å²) in [7, 11) is 0. The molecule has 0 aliphatic carbocycles. The molecule has 3 aromatic rings. The van der Waals surface area contributed by atoms with E-state index in [0.717, 1.165) is 17.0 Å². The SMILES string of the molecule is CC(C)c1ccc2c(cnc3nc(C(C)C)[nH]c32)c1. The summed E-state index contributed by atoms with van der Waals surface area (Å²) in [6.45, 7) is 8.69. The van der Waals surface area contributed by atoms with Crippen LogP contribution in [0.1, 0.15) is 50.9 Å². The number of aromatic nitrogens is 3. The molecular formula is C16H19N3. The van der Waals surface area contributed by atoms with Crippen LogP contribution >= 0.6 is 0 Å². The Kier molecular flexibility index (Phi) is 2.77. The Bertz CT molecular complexity index is 738. The average Bonchev–Trinajstić information content (AvgIpc) is 2.82. The number of hydrogen-bond donors (Lipinski definition) is 1. The maximum absolute atomic E-state index is 4.55. The van der Waals surface area contributed by atoms with Gasteiger partial charge in [0.25, 0.3) is 0 Å². The van der Waals surface area contributed by atoms with Crippen LogP contribution in [0, 0.1) is 0 Å². The first kappa shape index (κ1) is 12.2. The van der Waals surface area contributed by atoms with Crippen molar-refractivity contribution in [2.75, 3.05) is 0 Å². The summed E-state index contributed by atoms with van der Waals surface area (Å²) in [5.74, 6) is 1.93. The Morgan fingerprint density at radius 3 is 2.53 bits per heavy atom. The van der Waals surface area contributed by atoms with Gasteiger partial charge in [0.1, 0.15) is 5.82 Å². The van der Waals surface area contributed by atoms with Crippen molar-refractivity contribution in [3.8, 4) is 0 Å². The Balaban J connectivity index is 2.28. The highest BCUT2D eigenvalue weighted by atomic mass is 15.0. The van der Waals surface area contributed by atoms with Gasteiger partial charge >= 0.3 is 0 Å². The van der Waals surface area contributed by atoms with Gasteiger partial charge < -0.3 is 4.98 Å². The smallest absolute Gasteiger partial charge is 0.178 e. The van der Waals surface area contributed by atoms with Crippen LogP contribution in [0.3, 0.4) is 0 Å². The minimum Gasteiger partial charge on any atom is -0.340 e. The number of pyridine rings is 1. The molecule has 1 aromatic carbocycles. The van der Waals surface area contributed by atoms with E-state index in [1.54, 1.807) is 0 Å². The maximum Gasteiger partial charge on any atom is 0.178 e. The van der Waals surface area contributed by atoms with Crippen LogP contribution in [0.25, 0.3) is 21.9 Å². The van der Waals surface area contributed by atoms with E-state index >= 15 is 0 Å². The van der Waals surface area contributed by atoms with Crippen LogP contribution in [0.2, 0.25) is 0 Å². The molecule has 3 nitrogen and oxygen atoms in total. The van der Waals surface area contributed by atoms with E-state index in [2.05, 4.69) is 60.8 Å². The van der Waals surface area contributed by atoms with Crippen molar-refractivity contribution >= 4 is 21.9 Å². The molecule has 2 heterocycles. The maximum atomic E-state index is 4.55. The molecule has 0 radical (unpaired) electrons. The van der Waals surface area contributed by atoms with Crippen molar-refractivity contribution < 1.29 is 0 Å². The topological polar surface area (TPSA) is 41.6 Å². The van der Waals surface area contributed by atoms with Crippen molar-refractivity contribution in [2.45, 2.75) is 39.5 Å². The molecule has 2 aromatic heterocycles. The molecule has 98 valence electrons. The van der Waals surface area contributed by atoms with Crippen LogP contribution in [0.5, 0.6) is 0 Å². The van der Waals surface area contributed by atoms with Gasteiger partial charge in [-0.2, -0.15) is 0 Å². The lowest BCUT2D eigenvalue weighted by atomic mass is 10.00. The average molecular weight is 253 g/mol. The minimum absolute atomic E-state index is 0.388. The van der Waals surface area contributed by atoms with Crippen LogP contribution in [0.15, 0.2) is 24.4 Å². The van der Waals surface area contributed by atoms with Gasteiger partial charge in [0, 0.05) is 22.9 Å². The largest absolute Gasteiger partial charge is 0.340 e.